The van der Waals surface area contributed by atoms with E-state index in [0.29, 0.717) is 0 Å². The average Bonchev–Trinajstić information content (AvgIpc) is 3.70. The van der Waals surface area contributed by atoms with Gasteiger partial charge in [-0.2, -0.15) is 0 Å². The minimum atomic E-state index is 0.898. The van der Waals surface area contributed by atoms with Crippen LogP contribution in [0.5, 0.6) is 0 Å². The third-order valence-corrected chi connectivity index (χ3v) is 11.6. The second-order valence-corrected chi connectivity index (χ2v) is 15.4. The quantitative estimate of drug-likeness (QED) is 0.153. The predicted molar refractivity (Wildman–Crippen MR) is 253 cm³/mol. The normalized spacial score (nSPS) is 11.3. The molecule has 11 aromatic rings. The van der Waals surface area contributed by atoms with Crippen LogP contribution in [0.15, 0.2) is 241 Å². The van der Waals surface area contributed by atoms with Crippen molar-refractivity contribution in [1.82, 2.24) is 0 Å². The van der Waals surface area contributed by atoms with E-state index in [0.717, 1.165) is 55.7 Å². The van der Waals surface area contributed by atoms with E-state index in [4.69, 9.17) is 4.42 Å². The first-order chi connectivity index (χ1) is 29.7. The fourth-order valence-electron chi connectivity index (χ4n) is 8.54. The summed E-state index contributed by atoms with van der Waals surface area (Å²) in [7, 11) is 0. The van der Waals surface area contributed by atoms with E-state index in [1.165, 1.54) is 49.7 Å². The fourth-order valence-corrected chi connectivity index (χ4v) is 8.54. The van der Waals surface area contributed by atoms with Gasteiger partial charge in [-0.25, -0.2) is 0 Å². The Labute approximate surface area is 349 Å². The van der Waals surface area contributed by atoms with E-state index in [-0.39, 0.29) is 0 Å². The van der Waals surface area contributed by atoms with Gasteiger partial charge in [-0.1, -0.05) is 158 Å². The number of furan rings is 1. The lowest BCUT2D eigenvalue weighted by atomic mass is 9.93. The third kappa shape index (κ3) is 6.70. The number of fused-ring (bicyclic) bond motifs is 4. The second kappa shape index (κ2) is 15.1. The van der Waals surface area contributed by atoms with Crippen LogP contribution in [0.1, 0.15) is 0 Å². The number of benzene rings is 10. The molecule has 0 bridgehead atoms. The molecule has 2 nitrogen and oxygen atoms in total. The molecule has 0 amide bonds. The molecule has 0 N–H and O–H groups in total. The lowest BCUT2D eigenvalue weighted by Crippen LogP contribution is -2.10. The van der Waals surface area contributed by atoms with Gasteiger partial charge in [0.25, 0.3) is 0 Å². The molecule has 2 heteroatoms. The maximum Gasteiger partial charge on any atom is 0.136 e. The molecular weight excluding hydrogens is 727 g/mol. The van der Waals surface area contributed by atoms with Crippen molar-refractivity contribution in [3.63, 3.8) is 0 Å². The van der Waals surface area contributed by atoms with Crippen molar-refractivity contribution >= 4 is 49.8 Å². The molecule has 0 radical (unpaired) electrons. The Balaban J connectivity index is 0.995. The summed E-state index contributed by atoms with van der Waals surface area (Å²) < 4.78 is 6.25. The van der Waals surface area contributed by atoms with Crippen LogP contribution in [0.4, 0.5) is 17.1 Å². The van der Waals surface area contributed by atoms with E-state index in [1.54, 1.807) is 0 Å². The molecule has 0 aliphatic carbocycles. The topological polar surface area (TPSA) is 16.4 Å². The first-order valence-electron chi connectivity index (χ1n) is 20.5. The highest BCUT2D eigenvalue weighted by Gasteiger charge is 2.16. The monoisotopic (exact) mass is 765 g/mol. The van der Waals surface area contributed by atoms with Gasteiger partial charge in [0.2, 0.25) is 0 Å². The van der Waals surface area contributed by atoms with E-state index < -0.39 is 0 Å². The van der Waals surface area contributed by atoms with Gasteiger partial charge in [0.1, 0.15) is 11.2 Å². The highest BCUT2D eigenvalue weighted by molar-refractivity contribution is 6.06. The lowest BCUT2D eigenvalue weighted by molar-refractivity contribution is 0.669. The number of para-hydroxylation sites is 1. The molecule has 11 rings (SSSR count). The number of hydrogen-bond donors (Lipinski definition) is 0. The van der Waals surface area contributed by atoms with Gasteiger partial charge >= 0.3 is 0 Å². The largest absolute Gasteiger partial charge is 0.456 e. The van der Waals surface area contributed by atoms with Crippen molar-refractivity contribution in [2.45, 2.75) is 0 Å². The first-order valence-corrected chi connectivity index (χ1v) is 20.5. The summed E-state index contributed by atoms with van der Waals surface area (Å²) in [5.41, 5.74) is 16.8. The highest BCUT2D eigenvalue weighted by Crippen LogP contribution is 2.40. The molecule has 0 atom stereocenters. The Morgan fingerprint density at radius 1 is 0.233 bits per heavy atom. The van der Waals surface area contributed by atoms with Crippen molar-refractivity contribution in [2.75, 3.05) is 4.90 Å². The summed E-state index contributed by atoms with van der Waals surface area (Å²) in [6.07, 6.45) is 0. The van der Waals surface area contributed by atoms with Crippen molar-refractivity contribution in [2.24, 2.45) is 0 Å². The number of nitrogens with zero attached hydrogens (tertiary/aromatic N) is 1. The Kier molecular flexibility index (Phi) is 8.87. The smallest absolute Gasteiger partial charge is 0.136 e. The maximum atomic E-state index is 6.25. The molecule has 60 heavy (non-hydrogen) atoms. The molecule has 0 fully saturated rings. The van der Waals surface area contributed by atoms with Gasteiger partial charge in [0.05, 0.1) is 0 Å². The molecule has 1 heterocycles. The summed E-state index contributed by atoms with van der Waals surface area (Å²) in [5.74, 6) is 0. The molecule has 0 unspecified atom stereocenters. The Morgan fingerprint density at radius 2 is 0.700 bits per heavy atom. The minimum absolute atomic E-state index is 0.898. The number of rotatable bonds is 8. The molecule has 1 aromatic heterocycles. The van der Waals surface area contributed by atoms with Crippen LogP contribution in [0, 0.1) is 0 Å². The SMILES string of the molecule is c1ccc(-c2cc(-c3ccccc3)cc(-c3ccc(N(c4ccc(-c5ccc6c(c5)oc5ccccc56)cc4)c4cccc(-c5ccc6ccccc6c5)c4)cc3)c2)cc1. The molecular formula is C58H39NO. The summed E-state index contributed by atoms with van der Waals surface area (Å²) in [6, 6.07) is 85.0. The third-order valence-electron chi connectivity index (χ3n) is 11.6. The first kappa shape index (κ1) is 35.2. The summed E-state index contributed by atoms with van der Waals surface area (Å²) in [6.45, 7) is 0. The van der Waals surface area contributed by atoms with Gasteiger partial charge < -0.3 is 9.32 Å². The Hall–Kier alpha value is -7.94. The predicted octanol–water partition coefficient (Wildman–Crippen LogP) is 16.5. The zero-order chi connectivity index (χ0) is 39.8. The number of hydrogen-bond acceptors (Lipinski definition) is 2. The van der Waals surface area contributed by atoms with Crippen LogP contribution in [0.25, 0.3) is 88.3 Å². The van der Waals surface area contributed by atoms with Crippen molar-refractivity contribution < 1.29 is 4.42 Å². The van der Waals surface area contributed by atoms with Gasteiger partial charge in [0, 0.05) is 27.8 Å². The second-order valence-electron chi connectivity index (χ2n) is 15.4. The minimum Gasteiger partial charge on any atom is -0.456 e. The summed E-state index contributed by atoms with van der Waals surface area (Å²) in [4.78, 5) is 2.36. The van der Waals surface area contributed by atoms with Gasteiger partial charge in [-0.15, -0.1) is 0 Å². The van der Waals surface area contributed by atoms with E-state index in [1.807, 2.05) is 12.1 Å². The number of anilines is 3. The van der Waals surface area contributed by atoms with Crippen LogP contribution < -0.4 is 4.90 Å². The summed E-state index contributed by atoms with van der Waals surface area (Å²) in [5, 5.41) is 4.75. The van der Waals surface area contributed by atoms with Gasteiger partial charge in [-0.3, -0.25) is 0 Å². The molecule has 0 aliphatic heterocycles. The zero-order valence-corrected chi connectivity index (χ0v) is 32.9. The molecule has 10 aromatic carbocycles. The molecule has 0 spiro atoms. The standard InChI is InChI=1S/C58H39NO/c1-3-12-40(13-4-1)49-35-50(41-14-5-2-6-15-41)37-51(36-49)44-26-31-53(32-27-44)59(54-19-11-18-46(38-54)47-23-22-42-16-7-8-17-45(42)34-47)52-29-24-43(25-30-52)48-28-33-56-55-20-9-10-21-57(55)60-58(56)39-48/h1-39H. The average molecular weight is 766 g/mol. The maximum absolute atomic E-state index is 6.25. The Morgan fingerprint density at radius 3 is 1.37 bits per heavy atom. The molecule has 0 saturated carbocycles. The van der Waals surface area contributed by atoms with Gasteiger partial charge in [0.15, 0.2) is 0 Å². The van der Waals surface area contributed by atoms with Crippen LogP contribution in [-0.4, -0.2) is 0 Å². The Bertz CT molecular complexity index is 3230. The fraction of sp³-hybridized carbons (Fsp3) is 0. The lowest BCUT2D eigenvalue weighted by Gasteiger charge is -2.26. The molecule has 0 saturated heterocycles. The van der Waals surface area contributed by atoms with Crippen molar-refractivity contribution in [3.8, 4) is 55.6 Å². The summed E-state index contributed by atoms with van der Waals surface area (Å²) >= 11 is 0. The molecule has 0 aliphatic rings. The van der Waals surface area contributed by atoms with Crippen molar-refractivity contribution in [3.05, 3.63) is 237 Å². The highest BCUT2D eigenvalue weighted by atomic mass is 16.3. The zero-order valence-electron chi connectivity index (χ0n) is 32.9. The van der Waals surface area contributed by atoms with E-state index in [2.05, 4.69) is 229 Å². The van der Waals surface area contributed by atoms with E-state index >= 15 is 0 Å². The van der Waals surface area contributed by atoms with Crippen LogP contribution >= 0.6 is 0 Å². The van der Waals surface area contributed by atoms with Crippen LogP contribution in [0.3, 0.4) is 0 Å². The van der Waals surface area contributed by atoms with Crippen LogP contribution in [0.2, 0.25) is 0 Å². The van der Waals surface area contributed by atoms with E-state index in [9.17, 15) is 0 Å². The van der Waals surface area contributed by atoms with Gasteiger partial charge in [-0.05, 0) is 145 Å². The molecule has 282 valence electrons. The van der Waals surface area contributed by atoms with Crippen LogP contribution in [-0.2, 0) is 0 Å². The van der Waals surface area contributed by atoms with Crippen molar-refractivity contribution in [1.29, 1.82) is 0 Å².